The van der Waals surface area contributed by atoms with Crippen LogP contribution in [0.25, 0.3) is 0 Å². The van der Waals surface area contributed by atoms with Crippen LogP contribution in [0.3, 0.4) is 0 Å². The van der Waals surface area contributed by atoms with Crippen LogP contribution in [0, 0.1) is 12.3 Å². The minimum atomic E-state index is 0.222. The number of phenols is 1. The van der Waals surface area contributed by atoms with Crippen molar-refractivity contribution in [3.8, 4) is 5.75 Å². The van der Waals surface area contributed by atoms with Crippen molar-refractivity contribution < 1.29 is 5.11 Å². The molecule has 2 heteroatoms. The first-order valence-electron chi connectivity index (χ1n) is 7.09. The van der Waals surface area contributed by atoms with E-state index in [2.05, 4.69) is 25.2 Å². The number of hydrogen-bond acceptors (Lipinski definition) is 2. The van der Waals surface area contributed by atoms with Gasteiger partial charge < -0.3 is 10.4 Å². The molecule has 2 N–H and O–H groups in total. The first kappa shape index (κ1) is 13.4. The predicted molar refractivity (Wildman–Crippen MR) is 75.8 cm³/mol. The maximum Gasteiger partial charge on any atom is 0.120 e. The van der Waals surface area contributed by atoms with Gasteiger partial charge in [-0.1, -0.05) is 25.5 Å². The van der Waals surface area contributed by atoms with Gasteiger partial charge in [-0.25, -0.2) is 0 Å². The molecule has 0 spiro atoms. The number of nitrogens with one attached hydrogen (secondary N) is 1. The zero-order chi connectivity index (χ0) is 13.2. The van der Waals surface area contributed by atoms with Gasteiger partial charge in [-0.15, -0.1) is 0 Å². The van der Waals surface area contributed by atoms with E-state index in [1.165, 1.54) is 25.7 Å². The van der Waals surface area contributed by atoms with Gasteiger partial charge in [0.15, 0.2) is 0 Å². The third-order valence-corrected chi connectivity index (χ3v) is 4.17. The molecule has 0 amide bonds. The highest BCUT2D eigenvalue weighted by molar-refractivity contribution is 5.37. The molecular weight excluding hydrogens is 222 g/mol. The maximum absolute atomic E-state index is 9.97. The third-order valence-electron chi connectivity index (χ3n) is 4.17. The molecule has 1 saturated carbocycles. The summed E-state index contributed by atoms with van der Waals surface area (Å²) in [5.41, 5.74) is 2.67. The van der Waals surface area contributed by atoms with Crippen molar-refractivity contribution in [1.29, 1.82) is 0 Å². The van der Waals surface area contributed by atoms with Crippen LogP contribution < -0.4 is 5.32 Å². The van der Waals surface area contributed by atoms with E-state index in [1.54, 1.807) is 0 Å². The van der Waals surface area contributed by atoms with Crippen molar-refractivity contribution >= 4 is 0 Å². The van der Waals surface area contributed by atoms with Crippen LogP contribution in [0.1, 0.15) is 56.7 Å². The molecule has 0 bridgehead atoms. The quantitative estimate of drug-likeness (QED) is 0.798. The zero-order valence-electron chi connectivity index (χ0n) is 11.8. The molecular formula is C16H25NO. The van der Waals surface area contributed by atoms with E-state index in [0.29, 0.717) is 11.2 Å². The van der Waals surface area contributed by atoms with Gasteiger partial charge in [0.2, 0.25) is 0 Å². The summed E-state index contributed by atoms with van der Waals surface area (Å²) in [7, 11) is 0. The second-order valence-corrected chi connectivity index (χ2v) is 5.91. The topological polar surface area (TPSA) is 32.3 Å². The van der Waals surface area contributed by atoms with Crippen molar-refractivity contribution in [2.75, 3.05) is 6.54 Å². The summed E-state index contributed by atoms with van der Waals surface area (Å²) in [6.07, 6.45) is 5.32. The molecule has 0 aromatic heterocycles. The van der Waals surface area contributed by atoms with Crippen LogP contribution in [0.4, 0.5) is 0 Å². The summed E-state index contributed by atoms with van der Waals surface area (Å²) >= 11 is 0. The lowest BCUT2D eigenvalue weighted by molar-refractivity contribution is 0.389. The molecule has 2 nitrogen and oxygen atoms in total. The molecule has 1 aromatic rings. The summed E-state index contributed by atoms with van der Waals surface area (Å²) in [6.45, 7) is 7.47. The highest BCUT2D eigenvalue weighted by Crippen LogP contribution is 2.49. The molecule has 1 aliphatic rings. The zero-order valence-corrected chi connectivity index (χ0v) is 11.8. The minimum absolute atomic E-state index is 0.222. The number of rotatable bonds is 6. The maximum atomic E-state index is 9.97. The standard InChI is InChI=1S/C16H25NO/c1-4-7-16(8-9-16)11-17-13(3)14-6-5-12(2)10-15(14)18/h5-6,10,13,17-18H,4,7-9,11H2,1-3H3. The van der Waals surface area contributed by atoms with E-state index < -0.39 is 0 Å². The van der Waals surface area contributed by atoms with Crippen molar-refractivity contribution in [3.05, 3.63) is 29.3 Å². The van der Waals surface area contributed by atoms with Crippen molar-refractivity contribution in [2.24, 2.45) is 5.41 Å². The summed E-state index contributed by atoms with van der Waals surface area (Å²) in [4.78, 5) is 0. The Morgan fingerprint density at radius 1 is 1.39 bits per heavy atom. The summed E-state index contributed by atoms with van der Waals surface area (Å²) in [6, 6.07) is 6.15. The lowest BCUT2D eigenvalue weighted by Gasteiger charge is -2.20. The Labute approximate surface area is 110 Å². The van der Waals surface area contributed by atoms with Crippen molar-refractivity contribution in [3.63, 3.8) is 0 Å². The number of benzene rings is 1. The molecule has 2 rings (SSSR count). The van der Waals surface area contributed by atoms with Gasteiger partial charge in [0.1, 0.15) is 5.75 Å². The summed E-state index contributed by atoms with van der Waals surface area (Å²) in [5.74, 6) is 0.412. The van der Waals surface area contributed by atoms with E-state index in [4.69, 9.17) is 0 Å². The highest BCUT2D eigenvalue weighted by atomic mass is 16.3. The van der Waals surface area contributed by atoms with Crippen LogP contribution in [0.5, 0.6) is 5.75 Å². The molecule has 1 atom stereocenters. The summed E-state index contributed by atoms with van der Waals surface area (Å²) in [5, 5.41) is 13.6. The predicted octanol–water partition coefficient (Wildman–Crippen LogP) is 3.93. The van der Waals surface area contributed by atoms with Gasteiger partial charge in [0, 0.05) is 18.2 Å². The third kappa shape index (κ3) is 3.05. The average Bonchev–Trinajstić information content (AvgIpc) is 3.07. The fraction of sp³-hybridized carbons (Fsp3) is 0.625. The Hall–Kier alpha value is -1.02. The molecule has 1 aromatic carbocycles. The SMILES string of the molecule is CCCC1(CNC(C)c2ccc(C)cc2O)CC1. The van der Waals surface area contributed by atoms with E-state index in [1.807, 2.05) is 19.1 Å². The molecule has 0 aliphatic heterocycles. The van der Waals surface area contributed by atoms with Crippen LogP contribution in [-0.4, -0.2) is 11.7 Å². The lowest BCUT2D eigenvalue weighted by atomic mass is 9.99. The normalized spacial score (nSPS) is 18.6. The van der Waals surface area contributed by atoms with E-state index in [0.717, 1.165) is 17.7 Å². The van der Waals surface area contributed by atoms with Gasteiger partial charge in [-0.3, -0.25) is 0 Å². The second kappa shape index (κ2) is 5.31. The van der Waals surface area contributed by atoms with E-state index >= 15 is 0 Å². The first-order valence-corrected chi connectivity index (χ1v) is 7.09. The number of phenolic OH excluding ortho intramolecular Hbond substituents is 1. The summed E-state index contributed by atoms with van der Waals surface area (Å²) < 4.78 is 0. The molecule has 1 fully saturated rings. The van der Waals surface area contributed by atoms with Crippen molar-refractivity contribution in [2.45, 2.75) is 52.5 Å². The highest BCUT2D eigenvalue weighted by Gasteiger charge is 2.41. The number of aromatic hydroxyl groups is 1. The molecule has 0 radical (unpaired) electrons. The van der Waals surface area contributed by atoms with Crippen LogP contribution in [-0.2, 0) is 0 Å². The van der Waals surface area contributed by atoms with Gasteiger partial charge in [0.25, 0.3) is 0 Å². The second-order valence-electron chi connectivity index (χ2n) is 5.91. The fourth-order valence-electron chi connectivity index (χ4n) is 2.72. The molecule has 1 unspecified atom stereocenters. The molecule has 0 saturated heterocycles. The van der Waals surface area contributed by atoms with Crippen molar-refractivity contribution in [1.82, 2.24) is 5.32 Å². The Morgan fingerprint density at radius 2 is 2.11 bits per heavy atom. The van der Waals surface area contributed by atoms with E-state index in [-0.39, 0.29) is 6.04 Å². The van der Waals surface area contributed by atoms with E-state index in [9.17, 15) is 5.11 Å². The molecule has 100 valence electrons. The number of aryl methyl sites for hydroxylation is 1. The van der Waals surface area contributed by atoms with Crippen LogP contribution in [0.15, 0.2) is 18.2 Å². The lowest BCUT2D eigenvalue weighted by Crippen LogP contribution is -2.26. The van der Waals surface area contributed by atoms with Gasteiger partial charge in [-0.2, -0.15) is 0 Å². The first-order chi connectivity index (χ1) is 8.56. The Balaban J connectivity index is 1.93. The average molecular weight is 247 g/mol. The Bertz CT molecular complexity index is 410. The largest absolute Gasteiger partial charge is 0.508 e. The Kier molecular flexibility index (Phi) is 3.96. The number of hydrogen-bond donors (Lipinski definition) is 2. The van der Waals surface area contributed by atoms with Gasteiger partial charge in [-0.05, 0) is 50.2 Å². The van der Waals surface area contributed by atoms with Gasteiger partial charge in [0.05, 0.1) is 0 Å². The smallest absolute Gasteiger partial charge is 0.120 e. The van der Waals surface area contributed by atoms with Gasteiger partial charge >= 0.3 is 0 Å². The molecule has 1 aliphatic carbocycles. The minimum Gasteiger partial charge on any atom is -0.508 e. The monoisotopic (exact) mass is 247 g/mol. The molecule has 0 heterocycles. The van der Waals surface area contributed by atoms with Crippen LogP contribution >= 0.6 is 0 Å². The fourth-order valence-corrected chi connectivity index (χ4v) is 2.72. The Morgan fingerprint density at radius 3 is 2.67 bits per heavy atom. The molecule has 18 heavy (non-hydrogen) atoms. The van der Waals surface area contributed by atoms with Crippen LogP contribution in [0.2, 0.25) is 0 Å².